The van der Waals surface area contributed by atoms with Gasteiger partial charge in [-0.25, -0.2) is 8.78 Å². The Hall–Kier alpha value is -1.56. The molecule has 0 fully saturated rings. The highest BCUT2D eigenvalue weighted by Crippen LogP contribution is 2.28. The third kappa shape index (κ3) is 3.46. The lowest BCUT2D eigenvalue weighted by Crippen LogP contribution is -2.29. The summed E-state index contributed by atoms with van der Waals surface area (Å²) in [5.41, 5.74) is 5.58. The maximum Gasteiger partial charge on any atom is 0.269 e. The summed E-state index contributed by atoms with van der Waals surface area (Å²) in [4.78, 5) is 9.87. The van der Waals surface area contributed by atoms with E-state index in [2.05, 4.69) is 0 Å². The van der Waals surface area contributed by atoms with Crippen molar-refractivity contribution in [2.45, 2.75) is 32.7 Å². The molecule has 0 aliphatic carbocycles. The Labute approximate surface area is 104 Å². The third-order valence-electron chi connectivity index (χ3n) is 2.89. The highest BCUT2D eigenvalue weighted by Gasteiger charge is 2.20. The van der Waals surface area contributed by atoms with Gasteiger partial charge in [0.2, 0.25) is 0 Å². The van der Waals surface area contributed by atoms with Gasteiger partial charge in [-0.05, 0) is 17.9 Å². The largest absolute Gasteiger partial charge is 0.327 e. The third-order valence-corrected chi connectivity index (χ3v) is 2.89. The number of benzene rings is 1. The van der Waals surface area contributed by atoms with E-state index < -0.39 is 11.3 Å². The number of nitro groups is 1. The maximum absolute atomic E-state index is 12.9. The normalized spacial score (nSPS) is 13.1. The molecule has 0 aliphatic rings. The quantitative estimate of drug-likeness (QED) is 0.651. The van der Waals surface area contributed by atoms with Gasteiger partial charge in [-0.2, -0.15) is 0 Å². The van der Waals surface area contributed by atoms with Gasteiger partial charge in [0.05, 0.1) is 4.92 Å². The molecular weight excluding hydrogens is 242 g/mol. The van der Waals surface area contributed by atoms with Crippen molar-refractivity contribution in [3.63, 3.8) is 0 Å². The Balaban J connectivity index is 3.08. The first-order chi connectivity index (χ1) is 8.32. The van der Waals surface area contributed by atoms with Crippen molar-refractivity contribution in [3.8, 4) is 0 Å². The van der Waals surface area contributed by atoms with Crippen LogP contribution >= 0.6 is 0 Å². The van der Waals surface area contributed by atoms with Crippen LogP contribution in [0.5, 0.6) is 0 Å². The number of nitro benzene ring substituents is 1. The fourth-order valence-electron chi connectivity index (χ4n) is 1.57. The lowest BCUT2D eigenvalue weighted by molar-refractivity contribution is -0.385. The number of halogens is 2. The molecule has 1 unspecified atom stereocenters. The average Bonchev–Trinajstić information content (AvgIpc) is 2.28. The van der Waals surface area contributed by atoms with Gasteiger partial charge in [0, 0.05) is 23.7 Å². The molecule has 1 aromatic rings. The van der Waals surface area contributed by atoms with E-state index in [0.717, 1.165) is 6.07 Å². The van der Waals surface area contributed by atoms with Gasteiger partial charge in [0.1, 0.15) is 0 Å². The molecular formula is C12H16F2N2O2. The molecule has 0 aromatic heterocycles. The number of alkyl halides is 2. The zero-order chi connectivity index (χ0) is 13.9. The van der Waals surface area contributed by atoms with Crippen molar-refractivity contribution in [3.05, 3.63) is 39.4 Å². The van der Waals surface area contributed by atoms with Crippen LogP contribution in [0.1, 0.15) is 31.4 Å². The number of hydrogen-bond donors (Lipinski definition) is 1. The molecule has 0 spiro atoms. The molecule has 4 nitrogen and oxygen atoms in total. The molecule has 0 saturated heterocycles. The molecule has 0 aliphatic heterocycles. The Bertz CT molecular complexity index is 436. The molecule has 1 atom stereocenters. The highest BCUT2D eigenvalue weighted by molar-refractivity contribution is 5.41. The molecule has 0 heterocycles. The van der Waals surface area contributed by atoms with E-state index in [4.69, 9.17) is 5.73 Å². The second kappa shape index (κ2) is 5.86. The molecule has 0 bridgehead atoms. The van der Waals surface area contributed by atoms with Crippen LogP contribution in [-0.4, -0.2) is 11.0 Å². The average molecular weight is 258 g/mol. The van der Waals surface area contributed by atoms with Gasteiger partial charge < -0.3 is 5.73 Å². The highest BCUT2D eigenvalue weighted by atomic mass is 19.3. The first-order valence-electron chi connectivity index (χ1n) is 5.64. The molecule has 100 valence electrons. The van der Waals surface area contributed by atoms with Crippen molar-refractivity contribution in [1.29, 1.82) is 0 Å². The standard InChI is InChI=1S/C12H16F2N2O2/c1-7(2)11(15)5-8-3-4-9(16(17)18)6-10(8)12(13)14/h3-4,6-7,11-12H,5,15H2,1-2H3. The van der Waals surface area contributed by atoms with Crippen LogP contribution in [0, 0.1) is 16.0 Å². The minimum atomic E-state index is -2.74. The minimum absolute atomic E-state index is 0.158. The summed E-state index contributed by atoms with van der Waals surface area (Å²) in [6.45, 7) is 3.80. The SMILES string of the molecule is CC(C)C(N)Cc1ccc([N+](=O)[O-])cc1C(F)F. The van der Waals surface area contributed by atoms with E-state index in [1.54, 1.807) is 0 Å². The van der Waals surface area contributed by atoms with E-state index >= 15 is 0 Å². The number of rotatable bonds is 5. The Morgan fingerprint density at radius 1 is 1.39 bits per heavy atom. The molecule has 2 N–H and O–H groups in total. The van der Waals surface area contributed by atoms with E-state index in [9.17, 15) is 18.9 Å². The zero-order valence-corrected chi connectivity index (χ0v) is 10.3. The van der Waals surface area contributed by atoms with Crippen LogP contribution in [-0.2, 0) is 6.42 Å². The molecule has 0 saturated carbocycles. The van der Waals surface area contributed by atoms with Crippen LogP contribution in [0.4, 0.5) is 14.5 Å². The van der Waals surface area contributed by atoms with Crippen LogP contribution in [0.25, 0.3) is 0 Å². The molecule has 18 heavy (non-hydrogen) atoms. The Kier molecular flexibility index (Phi) is 4.72. The fraction of sp³-hybridized carbons (Fsp3) is 0.500. The van der Waals surface area contributed by atoms with Gasteiger partial charge in [0.25, 0.3) is 12.1 Å². The number of nitrogens with zero attached hydrogens (tertiary/aromatic N) is 1. The van der Waals surface area contributed by atoms with E-state index in [0.29, 0.717) is 5.56 Å². The van der Waals surface area contributed by atoms with E-state index in [-0.39, 0.29) is 29.6 Å². The monoisotopic (exact) mass is 258 g/mol. The van der Waals surface area contributed by atoms with Crippen LogP contribution in [0.15, 0.2) is 18.2 Å². The van der Waals surface area contributed by atoms with Gasteiger partial charge in [0.15, 0.2) is 0 Å². The van der Waals surface area contributed by atoms with Gasteiger partial charge >= 0.3 is 0 Å². The van der Waals surface area contributed by atoms with Crippen LogP contribution < -0.4 is 5.73 Å². The zero-order valence-electron chi connectivity index (χ0n) is 10.3. The van der Waals surface area contributed by atoms with Crippen LogP contribution in [0.2, 0.25) is 0 Å². The van der Waals surface area contributed by atoms with Crippen molar-refractivity contribution >= 4 is 5.69 Å². The fourth-order valence-corrected chi connectivity index (χ4v) is 1.57. The molecule has 0 radical (unpaired) electrons. The van der Waals surface area contributed by atoms with E-state index in [1.165, 1.54) is 12.1 Å². The molecule has 1 rings (SSSR count). The topological polar surface area (TPSA) is 69.2 Å². The number of nitrogens with two attached hydrogens (primary N) is 1. The van der Waals surface area contributed by atoms with Crippen molar-refractivity contribution in [1.82, 2.24) is 0 Å². The van der Waals surface area contributed by atoms with Gasteiger partial charge in [-0.15, -0.1) is 0 Å². The second-order valence-electron chi connectivity index (χ2n) is 4.55. The Morgan fingerprint density at radius 3 is 2.44 bits per heavy atom. The number of hydrogen-bond acceptors (Lipinski definition) is 3. The van der Waals surface area contributed by atoms with Crippen molar-refractivity contribution in [2.24, 2.45) is 11.7 Å². The molecule has 0 amide bonds. The van der Waals surface area contributed by atoms with Crippen LogP contribution in [0.3, 0.4) is 0 Å². The van der Waals surface area contributed by atoms with Gasteiger partial charge in [-0.3, -0.25) is 10.1 Å². The molecule has 6 heteroatoms. The summed E-state index contributed by atoms with van der Waals surface area (Å²) in [6.07, 6.45) is -2.45. The van der Waals surface area contributed by atoms with E-state index in [1.807, 2.05) is 13.8 Å². The second-order valence-corrected chi connectivity index (χ2v) is 4.55. The summed E-state index contributed by atoms with van der Waals surface area (Å²) in [7, 11) is 0. The summed E-state index contributed by atoms with van der Waals surface area (Å²) in [5, 5.41) is 10.6. The summed E-state index contributed by atoms with van der Waals surface area (Å²) >= 11 is 0. The lowest BCUT2D eigenvalue weighted by atomic mass is 9.94. The van der Waals surface area contributed by atoms with Gasteiger partial charge in [-0.1, -0.05) is 19.9 Å². The smallest absolute Gasteiger partial charge is 0.269 e. The first kappa shape index (κ1) is 14.5. The first-order valence-corrected chi connectivity index (χ1v) is 5.64. The minimum Gasteiger partial charge on any atom is -0.327 e. The summed E-state index contributed by atoms with van der Waals surface area (Å²) in [6, 6.07) is 3.27. The van der Waals surface area contributed by atoms with Crippen molar-refractivity contribution in [2.75, 3.05) is 0 Å². The summed E-state index contributed by atoms with van der Waals surface area (Å²) in [5.74, 6) is 0.158. The summed E-state index contributed by atoms with van der Waals surface area (Å²) < 4.78 is 25.7. The van der Waals surface area contributed by atoms with Crippen molar-refractivity contribution < 1.29 is 13.7 Å². The predicted molar refractivity (Wildman–Crippen MR) is 64.6 cm³/mol. The maximum atomic E-state index is 12.9. The predicted octanol–water partition coefficient (Wildman–Crippen LogP) is 3.06. The molecule has 1 aromatic carbocycles. The lowest BCUT2D eigenvalue weighted by Gasteiger charge is -2.17. The Morgan fingerprint density at radius 2 is 2.00 bits per heavy atom. The number of non-ortho nitro benzene ring substituents is 1.